The summed E-state index contributed by atoms with van der Waals surface area (Å²) in [5.41, 5.74) is 0. The summed E-state index contributed by atoms with van der Waals surface area (Å²) < 4.78 is 23.9. The van der Waals surface area contributed by atoms with Crippen LogP contribution in [0.2, 0.25) is 5.15 Å². The van der Waals surface area contributed by atoms with E-state index in [0.29, 0.717) is 13.0 Å². The van der Waals surface area contributed by atoms with Crippen LogP contribution in [0.4, 0.5) is 0 Å². The predicted molar refractivity (Wildman–Crippen MR) is 62.8 cm³/mol. The fourth-order valence-corrected chi connectivity index (χ4v) is 3.14. The van der Waals surface area contributed by atoms with Crippen molar-refractivity contribution >= 4 is 33.8 Å². The van der Waals surface area contributed by atoms with Gasteiger partial charge in [0.25, 0.3) is 0 Å². The summed E-state index contributed by atoms with van der Waals surface area (Å²) >= 11 is 5.54. The molecule has 0 saturated carbocycles. The number of rotatable bonds is 2. The maximum absolute atomic E-state index is 12.0. The molecule has 1 atom stereocenters. The van der Waals surface area contributed by atoms with Gasteiger partial charge in [0.05, 0.1) is 5.25 Å². The SMILES string of the molecule is Cl.O=S(=O)(c1ccc(Cl)nn1)[C@@H]1CCNC1. The highest BCUT2D eigenvalue weighted by atomic mass is 35.5. The lowest BCUT2D eigenvalue weighted by molar-refractivity contribution is 0.577. The predicted octanol–water partition coefficient (Wildman–Crippen LogP) is 0.687. The normalized spacial score (nSPS) is 20.4. The van der Waals surface area contributed by atoms with Gasteiger partial charge in [0, 0.05) is 6.54 Å². The van der Waals surface area contributed by atoms with Crippen LogP contribution in [-0.2, 0) is 9.84 Å². The second kappa shape index (κ2) is 5.27. The summed E-state index contributed by atoms with van der Waals surface area (Å²) in [6.07, 6.45) is 0.618. The van der Waals surface area contributed by atoms with E-state index in [4.69, 9.17) is 11.6 Å². The molecule has 16 heavy (non-hydrogen) atoms. The van der Waals surface area contributed by atoms with Gasteiger partial charge in [0.15, 0.2) is 10.2 Å². The van der Waals surface area contributed by atoms with Gasteiger partial charge >= 0.3 is 0 Å². The molecule has 1 aliphatic heterocycles. The average molecular weight is 284 g/mol. The fraction of sp³-hybridized carbons (Fsp3) is 0.500. The fourth-order valence-electron chi connectivity index (χ4n) is 1.52. The third-order valence-corrected chi connectivity index (χ3v) is 4.64. The van der Waals surface area contributed by atoms with Crippen LogP contribution in [0.25, 0.3) is 0 Å². The molecule has 1 aliphatic rings. The number of sulfone groups is 1. The van der Waals surface area contributed by atoms with Crippen molar-refractivity contribution in [1.29, 1.82) is 0 Å². The van der Waals surface area contributed by atoms with Crippen LogP contribution in [0, 0.1) is 0 Å². The zero-order valence-corrected chi connectivity index (χ0v) is 10.6. The van der Waals surface area contributed by atoms with Gasteiger partial charge in [-0.2, -0.15) is 0 Å². The van der Waals surface area contributed by atoms with Gasteiger partial charge in [-0.3, -0.25) is 0 Å². The first-order valence-electron chi connectivity index (χ1n) is 4.54. The van der Waals surface area contributed by atoms with Crippen LogP contribution in [0.15, 0.2) is 17.2 Å². The van der Waals surface area contributed by atoms with Gasteiger partial charge in [0.1, 0.15) is 0 Å². The highest BCUT2D eigenvalue weighted by molar-refractivity contribution is 7.92. The van der Waals surface area contributed by atoms with Crippen molar-refractivity contribution in [3.05, 3.63) is 17.3 Å². The van der Waals surface area contributed by atoms with E-state index < -0.39 is 15.1 Å². The van der Waals surface area contributed by atoms with Crippen LogP contribution in [-0.4, -0.2) is 37.0 Å². The van der Waals surface area contributed by atoms with Gasteiger partial charge in [-0.05, 0) is 25.1 Å². The molecule has 1 fully saturated rings. The molecule has 2 heterocycles. The maximum atomic E-state index is 12.0. The quantitative estimate of drug-likeness (QED) is 0.865. The van der Waals surface area contributed by atoms with Gasteiger partial charge in [-0.15, -0.1) is 22.6 Å². The molecular weight excluding hydrogens is 273 g/mol. The van der Waals surface area contributed by atoms with E-state index >= 15 is 0 Å². The lowest BCUT2D eigenvalue weighted by Crippen LogP contribution is -2.24. The van der Waals surface area contributed by atoms with E-state index in [1.54, 1.807) is 0 Å². The second-order valence-electron chi connectivity index (χ2n) is 3.35. The Labute approximate surface area is 105 Å². The largest absolute Gasteiger partial charge is 0.315 e. The summed E-state index contributed by atoms with van der Waals surface area (Å²) in [7, 11) is -3.35. The minimum Gasteiger partial charge on any atom is -0.315 e. The third-order valence-electron chi connectivity index (χ3n) is 2.35. The van der Waals surface area contributed by atoms with Gasteiger partial charge in [-0.25, -0.2) is 8.42 Å². The summed E-state index contributed by atoms with van der Waals surface area (Å²) in [6, 6.07) is 2.83. The molecule has 0 aromatic carbocycles. The van der Waals surface area contributed by atoms with E-state index in [1.807, 2.05) is 0 Å². The lowest BCUT2D eigenvalue weighted by Gasteiger charge is -2.08. The van der Waals surface area contributed by atoms with E-state index in [-0.39, 0.29) is 22.6 Å². The molecule has 8 heteroatoms. The zero-order chi connectivity index (χ0) is 10.9. The Kier molecular flexibility index (Phi) is 4.49. The Bertz CT molecular complexity index is 443. The lowest BCUT2D eigenvalue weighted by atomic mass is 10.4. The highest BCUT2D eigenvalue weighted by Gasteiger charge is 2.31. The van der Waals surface area contributed by atoms with Crippen LogP contribution >= 0.6 is 24.0 Å². The van der Waals surface area contributed by atoms with Crippen molar-refractivity contribution in [3.63, 3.8) is 0 Å². The summed E-state index contributed by atoms with van der Waals surface area (Å²) in [6.45, 7) is 1.21. The monoisotopic (exact) mass is 283 g/mol. The van der Waals surface area contributed by atoms with Crippen molar-refractivity contribution in [2.24, 2.45) is 0 Å². The molecule has 0 amide bonds. The molecular formula is C8H11Cl2N3O2S. The summed E-state index contributed by atoms with van der Waals surface area (Å²) in [4.78, 5) is 0. The van der Waals surface area contributed by atoms with E-state index in [9.17, 15) is 8.42 Å². The van der Waals surface area contributed by atoms with Crippen molar-refractivity contribution in [3.8, 4) is 0 Å². The first-order chi connectivity index (χ1) is 7.10. The molecule has 2 rings (SSSR count). The summed E-state index contributed by atoms with van der Waals surface area (Å²) in [5.74, 6) is 0. The van der Waals surface area contributed by atoms with Crippen molar-refractivity contribution in [2.75, 3.05) is 13.1 Å². The van der Waals surface area contributed by atoms with Crippen molar-refractivity contribution in [1.82, 2.24) is 15.5 Å². The number of hydrogen-bond donors (Lipinski definition) is 1. The Morgan fingerprint density at radius 3 is 2.62 bits per heavy atom. The van der Waals surface area contributed by atoms with Gasteiger partial charge in [0.2, 0.25) is 9.84 Å². The van der Waals surface area contributed by atoms with Crippen molar-refractivity contribution in [2.45, 2.75) is 16.7 Å². The first kappa shape index (κ1) is 13.6. The molecule has 1 aromatic heterocycles. The molecule has 1 saturated heterocycles. The van der Waals surface area contributed by atoms with Crippen LogP contribution in [0.1, 0.15) is 6.42 Å². The smallest absolute Gasteiger partial charge is 0.201 e. The number of halogens is 2. The number of nitrogens with zero attached hydrogens (tertiary/aromatic N) is 2. The van der Waals surface area contributed by atoms with Gasteiger partial charge in [-0.1, -0.05) is 11.6 Å². The average Bonchev–Trinajstić information content (AvgIpc) is 2.71. The standard InChI is InChI=1S/C8H10ClN3O2S.ClH/c9-7-1-2-8(12-11-7)15(13,14)6-3-4-10-5-6;/h1-2,6,10H,3-5H2;1H/t6-;/m1./s1. The zero-order valence-electron chi connectivity index (χ0n) is 8.26. The summed E-state index contributed by atoms with van der Waals surface area (Å²) in [5, 5.41) is 9.93. The van der Waals surface area contributed by atoms with Gasteiger partial charge < -0.3 is 5.32 Å². The third kappa shape index (κ3) is 2.63. The topological polar surface area (TPSA) is 72.0 Å². The number of hydrogen-bond acceptors (Lipinski definition) is 5. The molecule has 1 N–H and O–H groups in total. The second-order valence-corrected chi connectivity index (χ2v) is 5.92. The maximum Gasteiger partial charge on any atom is 0.201 e. The number of aromatic nitrogens is 2. The van der Waals surface area contributed by atoms with Crippen molar-refractivity contribution < 1.29 is 8.42 Å². The Morgan fingerprint density at radius 2 is 2.12 bits per heavy atom. The van der Waals surface area contributed by atoms with E-state index in [1.165, 1.54) is 12.1 Å². The molecule has 0 aliphatic carbocycles. The number of nitrogens with one attached hydrogen (secondary N) is 1. The Morgan fingerprint density at radius 1 is 1.38 bits per heavy atom. The Balaban J connectivity index is 0.00000128. The van der Waals surface area contributed by atoms with Crippen LogP contribution < -0.4 is 5.32 Å². The van der Waals surface area contributed by atoms with Crippen LogP contribution in [0.5, 0.6) is 0 Å². The minimum absolute atomic E-state index is 0. The van der Waals surface area contributed by atoms with E-state index in [2.05, 4.69) is 15.5 Å². The molecule has 0 unspecified atom stereocenters. The molecule has 90 valence electrons. The first-order valence-corrected chi connectivity index (χ1v) is 6.47. The molecule has 0 bridgehead atoms. The molecule has 0 radical (unpaired) electrons. The van der Waals surface area contributed by atoms with E-state index in [0.717, 1.165) is 6.54 Å². The minimum atomic E-state index is -3.35. The molecule has 0 spiro atoms. The van der Waals surface area contributed by atoms with Crippen LogP contribution in [0.3, 0.4) is 0 Å². The molecule has 1 aromatic rings. The molecule has 5 nitrogen and oxygen atoms in total. The highest BCUT2D eigenvalue weighted by Crippen LogP contribution is 2.18. The Hall–Kier alpha value is -0.430.